The molecule has 0 radical (unpaired) electrons. The van der Waals surface area contributed by atoms with Gasteiger partial charge >= 0.3 is 0 Å². The number of fused-ring (bicyclic) bond motifs is 3. The number of aromatic nitrogens is 4. The van der Waals surface area contributed by atoms with Crippen molar-refractivity contribution in [3.05, 3.63) is 32.1 Å². The largest absolute Gasteiger partial charge is 0.309 e. The van der Waals surface area contributed by atoms with E-state index >= 15 is 0 Å². The van der Waals surface area contributed by atoms with Crippen molar-refractivity contribution >= 4 is 44.7 Å². The van der Waals surface area contributed by atoms with Gasteiger partial charge in [0.2, 0.25) is 0 Å². The van der Waals surface area contributed by atoms with Crippen LogP contribution in [0.1, 0.15) is 41.8 Å². The second-order valence-corrected chi connectivity index (χ2v) is 9.45. The molecule has 3 aromatic heterocycles. The van der Waals surface area contributed by atoms with Crippen LogP contribution in [-0.4, -0.2) is 20.2 Å². The van der Waals surface area contributed by atoms with Crippen LogP contribution in [0.2, 0.25) is 0 Å². The molecule has 8 heteroatoms. The Balaban J connectivity index is 1.74. The number of thiophene rings is 1. The number of hydrogen-bond acceptors (Lipinski definition) is 7. The number of hydrogen-bond donors (Lipinski definition) is 1. The molecule has 4 rings (SSSR count). The van der Waals surface area contributed by atoms with Crippen LogP contribution >= 0.6 is 34.4 Å². The van der Waals surface area contributed by atoms with E-state index in [1.54, 1.807) is 28.6 Å². The summed E-state index contributed by atoms with van der Waals surface area (Å²) in [6.07, 6.45) is 3.22. The van der Waals surface area contributed by atoms with Gasteiger partial charge in [-0.05, 0) is 37.7 Å². The molecule has 23 heavy (non-hydrogen) atoms. The lowest BCUT2D eigenvalue weighted by atomic mass is 9.89. The van der Waals surface area contributed by atoms with Crippen LogP contribution in [0.5, 0.6) is 0 Å². The minimum Gasteiger partial charge on any atom is -0.309 e. The smallest absolute Gasteiger partial charge is 0.259 e. The van der Waals surface area contributed by atoms with Gasteiger partial charge in [-0.15, -0.1) is 21.5 Å². The van der Waals surface area contributed by atoms with Gasteiger partial charge in [0.15, 0.2) is 4.34 Å². The van der Waals surface area contributed by atoms with E-state index in [2.05, 4.69) is 22.1 Å². The normalized spacial score (nSPS) is 19.0. The molecule has 0 saturated heterocycles. The molecule has 0 fully saturated rings. The Morgan fingerprint density at radius 1 is 1.48 bits per heavy atom. The van der Waals surface area contributed by atoms with Crippen LogP contribution in [0.25, 0.3) is 10.2 Å². The second-order valence-electron chi connectivity index (χ2n) is 5.95. The van der Waals surface area contributed by atoms with Gasteiger partial charge in [-0.3, -0.25) is 4.79 Å². The van der Waals surface area contributed by atoms with Gasteiger partial charge in [0.25, 0.3) is 5.56 Å². The molecule has 1 N–H and O–H groups in total. The zero-order valence-corrected chi connectivity index (χ0v) is 15.3. The van der Waals surface area contributed by atoms with Gasteiger partial charge in [-0.1, -0.05) is 30.0 Å². The van der Waals surface area contributed by atoms with Crippen LogP contribution in [0.15, 0.2) is 14.6 Å². The van der Waals surface area contributed by atoms with Crippen LogP contribution in [0, 0.1) is 5.92 Å². The Hall–Kier alpha value is -1.25. The van der Waals surface area contributed by atoms with Crippen molar-refractivity contribution in [2.24, 2.45) is 5.92 Å². The van der Waals surface area contributed by atoms with Gasteiger partial charge in [-0.25, -0.2) is 4.98 Å². The van der Waals surface area contributed by atoms with Gasteiger partial charge in [-0.2, -0.15) is 0 Å². The molecular weight excluding hydrogens is 348 g/mol. The lowest BCUT2D eigenvalue weighted by Gasteiger charge is -2.17. The fraction of sp³-hybridized carbons (Fsp3) is 0.467. The Labute approximate surface area is 145 Å². The first-order chi connectivity index (χ1) is 11.1. The van der Waals surface area contributed by atoms with Crippen molar-refractivity contribution in [1.29, 1.82) is 0 Å². The third kappa shape index (κ3) is 2.83. The quantitative estimate of drug-likeness (QED) is 0.716. The van der Waals surface area contributed by atoms with E-state index in [1.807, 2.05) is 6.92 Å². The van der Waals surface area contributed by atoms with Gasteiger partial charge in [0, 0.05) is 4.88 Å². The average molecular weight is 365 g/mol. The fourth-order valence-electron chi connectivity index (χ4n) is 2.98. The molecule has 5 nitrogen and oxygen atoms in total. The summed E-state index contributed by atoms with van der Waals surface area (Å²) >= 11 is 4.76. The second kappa shape index (κ2) is 5.99. The summed E-state index contributed by atoms with van der Waals surface area (Å²) in [5.41, 5.74) is 2.94. The van der Waals surface area contributed by atoms with E-state index in [-0.39, 0.29) is 10.8 Å². The highest BCUT2D eigenvalue weighted by molar-refractivity contribution is 8.01. The summed E-state index contributed by atoms with van der Waals surface area (Å²) < 4.78 is 0.888. The van der Waals surface area contributed by atoms with Crippen LogP contribution in [0.4, 0.5) is 0 Å². The highest BCUT2D eigenvalue weighted by Crippen LogP contribution is 2.37. The third-order valence-electron chi connectivity index (χ3n) is 4.19. The van der Waals surface area contributed by atoms with Crippen molar-refractivity contribution in [1.82, 2.24) is 20.2 Å². The molecule has 0 bridgehead atoms. The highest BCUT2D eigenvalue weighted by atomic mass is 32.2. The van der Waals surface area contributed by atoms with Crippen molar-refractivity contribution in [3.63, 3.8) is 0 Å². The number of thioether (sulfide) groups is 1. The molecule has 3 heterocycles. The predicted molar refractivity (Wildman–Crippen MR) is 95.6 cm³/mol. The first kappa shape index (κ1) is 15.3. The van der Waals surface area contributed by atoms with E-state index in [4.69, 9.17) is 4.98 Å². The molecule has 0 spiro atoms. The molecule has 0 aromatic carbocycles. The summed E-state index contributed by atoms with van der Waals surface area (Å²) in [7, 11) is 0. The van der Waals surface area contributed by atoms with Crippen LogP contribution < -0.4 is 5.56 Å². The molecule has 1 aliphatic rings. The molecule has 2 atom stereocenters. The summed E-state index contributed by atoms with van der Waals surface area (Å²) in [5.74, 6) is 1.41. The summed E-state index contributed by atoms with van der Waals surface area (Å²) in [6, 6.07) is 0. The van der Waals surface area contributed by atoms with Crippen molar-refractivity contribution in [2.45, 2.75) is 42.7 Å². The first-order valence-corrected chi connectivity index (χ1v) is 10.2. The third-order valence-corrected chi connectivity index (χ3v) is 7.26. The lowest BCUT2D eigenvalue weighted by molar-refractivity contribution is 0.509. The van der Waals surface area contributed by atoms with Gasteiger partial charge < -0.3 is 4.98 Å². The van der Waals surface area contributed by atoms with Gasteiger partial charge in [0.05, 0.1) is 10.6 Å². The van der Waals surface area contributed by atoms with Gasteiger partial charge in [0.1, 0.15) is 16.2 Å². The minimum atomic E-state index is 0.00164. The Kier molecular flexibility index (Phi) is 3.98. The number of aromatic amines is 1. The molecule has 0 amide bonds. The Bertz CT molecular complexity index is 899. The van der Waals surface area contributed by atoms with E-state index in [1.165, 1.54) is 21.8 Å². The highest BCUT2D eigenvalue weighted by Gasteiger charge is 2.24. The topological polar surface area (TPSA) is 71.5 Å². The lowest BCUT2D eigenvalue weighted by Crippen LogP contribution is -2.15. The van der Waals surface area contributed by atoms with E-state index < -0.39 is 0 Å². The number of H-pyrrole nitrogens is 1. The maximum absolute atomic E-state index is 12.6. The Morgan fingerprint density at radius 2 is 2.35 bits per heavy atom. The molecule has 0 saturated carbocycles. The number of rotatable bonds is 3. The number of nitrogens with zero attached hydrogens (tertiary/aromatic N) is 3. The summed E-state index contributed by atoms with van der Waals surface area (Å²) in [4.78, 5) is 22.6. The van der Waals surface area contributed by atoms with E-state index in [0.29, 0.717) is 11.7 Å². The molecular formula is C15H16N4OS3. The molecule has 0 aliphatic heterocycles. The van der Waals surface area contributed by atoms with Crippen molar-refractivity contribution < 1.29 is 0 Å². The number of aryl methyl sites for hydroxylation is 1. The van der Waals surface area contributed by atoms with Crippen molar-refractivity contribution in [3.8, 4) is 0 Å². The van der Waals surface area contributed by atoms with Crippen LogP contribution in [-0.2, 0) is 12.8 Å². The van der Waals surface area contributed by atoms with Crippen molar-refractivity contribution in [2.75, 3.05) is 0 Å². The maximum Gasteiger partial charge on any atom is 0.259 e. The van der Waals surface area contributed by atoms with E-state index in [9.17, 15) is 4.79 Å². The van der Waals surface area contributed by atoms with E-state index in [0.717, 1.165) is 33.8 Å². The first-order valence-electron chi connectivity index (χ1n) is 7.59. The molecule has 1 aliphatic carbocycles. The summed E-state index contributed by atoms with van der Waals surface area (Å²) in [5, 5.41) is 8.74. The SMILES string of the molecule is CC1CCc2c(sc3nc(C(C)Sc4nncs4)[nH]c(=O)c23)C1. The Morgan fingerprint density at radius 3 is 3.13 bits per heavy atom. The zero-order chi connectivity index (χ0) is 16.0. The summed E-state index contributed by atoms with van der Waals surface area (Å²) in [6.45, 7) is 4.31. The number of nitrogens with one attached hydrogen (secondary N) is 1. The predicted octanol–water partition coefficient (Wildman–Crippen LogP) is 3.81. The monoisotopic (exact) mass is 364 g/mol. The molecule has 2 unspecified atom stereocenters. The standard InChI is InChI=1S/C15H16N4OS3/c1-7-3-4-9-10(5-7)23-14-11(9)13(20)17-12(18-14)8(2)22-15-19-16-6-21-15/h6-8H,3-5H2,1-2H3,(H,17,18,20). The zero-order valence-electron chi connectivity index (χ0n) is 12.8. The fourth-order valence-corrected chi connectivity index (χ4v) is 6.05. The average Bonchev–Trinajstić information content (AvgIpc) is 3.13. The molecule has 3 aromatic rings. The minimum absolute atomic E-state index is 0.00164. The van der Waals surface area contributed by atoms with Crippen LogP contribution in [0.3, 0.4) is 0 Å². The molecule has 120 valence electrons. The maximum atomic E-state index is 12.6.